The highest BCUT2D eigenvalue weighted by Crippen LogP contribution is 2.61. The standard InChI is InChI=1S/C13H19N3O/c14-10-11(16-17-12(10)15)13-4-7-1-8(5-13)3-9(2-7)6-13/h7-9H,1-6,14-15H2. The second-order valence-electron chi connectivity index (χ2n) is 6.51. The minimum atomic E-state index is 0.194. The van der Waals surface area contributed by atoms with Gasteiger partial charge in [0.15, 0.2) is 0 Å². The fourth-order valence-corrected chi connectivity index (χ4v) is 5.09. The lowest BCUT2D eigenvalue weighted by atomic mass is 9.48. The fraction of sp³-hybridized carbons (Fsp3) is 0.769. The molecule has 0 radical (unpaired) electrons. The molecule has 4 N–H and O–H groups in total. The number of rotatable bonds is 1. The highest BCUT2D eigenvalue weighted by atomic mass is 16.5. The van der Waals surface area contributed by atoms with Gasteiger partial charge >= 0.3 is 0 Å². The van der Waals surface area contributed by atoms with Gasteiger partial charge in [0.05, 0.1) is 0 Å². The normalized spacial score (nSPS) is 43.2. The Morgan fingerprint density at radius 3 is 1.94 bits per heavy atom. The zero-order valence-electron chi connectivity index (χ0n) is 9.98. The number of hydrogen-bond donors (Lipinski definition) is 2. The van der Waals surface area contributed by atoms with Gasteiger partial charge in [-0.2, -0.15) is 0 Å². The van der Waals surface area contributed by atoms with Crippen molar-refractivity contribution in [3.05, 3.63) is 5.69 Å². The Hall–Kier alpha value is -1.19. The van der Waals surface area contributed by atoms with E-state index in [0.717, 1.165) is 23.4 Å². The molecule has 0 unspecified atom stereocenters. The fourth-order valence-electron chi connectivity index (χ4n) is 5.09. The minimum absolute atomic E-state index is 0.194. The molecule has 5 rings (SSSR count). The van der Waals surface area contributed by atoms with E-state index in [9.17, 15) is 0 Å². The Balaban J connectivity index is 1.80. The highest BCUT2D eigenvalue weighted by molar-refractivity contribution is 5.61. The molecule has 92 valence electrons. The number of anilines is 2. The van der Waals surface area contributed by atoms with Crippen LogP contribution in [0.25, 0.3) is 0 Å². The van der Waals surface area contributed by atoms with Crippen LogP contribution < -0.4 is 11.5 Å². The van der Waals surface area contributed by atoms with E-state index in [1.165, 1.54) is 38.5 Å². The van der Waals surface area contributed by atoms with Crippen LogP contribution in [0.1, 0.15) is 44.2 Å². The van der Waals surface area contributed by atoms with Crippen molar-refractivity contribution < 1.29 is 4.52 Å². The first kappa shape index (κ1) is 9.80. The van der Waals surface area contributed by atoms with E-state index >= 15 is 0 Å². The zero-order chi connectivity index (χ0) is 11.6. The van der Waals surface area contributed by atoms with Crippen molar-refractivity contribution in [3.8, 4) is 0 Å². The maximum atomic E-state index is 6.04. The van der Waals surface area contributed by atoms with Crippen LogP contribution in [0.15, 0.2) is 4.52 Å². The number of nitrogen functional groups attached to an aromatic ring is 2. The number of aromatic nitrogens is 1. The summed E-state index contributed by atoms with van der Waals surface area (Å²) >= 11 is 0. The summed E-state index contributed by atoms with van der Waals surface area (Å²) in [6, 6.07) is 0. The summed E-state index contributed by atoms with van der Waals surface area (Å²) in [6.45, 7) is 0. The molecule has 0 spiro atoms. The molecule has 4 aliphatic carbocycles. The van der Waals surface area contributed by atoms with Gasteiger partial charge in [-0.15, -0.1) is 0 Å². The topological polar surface area (TPSA) is 78.1 Å². The summed E-state index contributed by atoms with van der Waals surface area (Å²) in [4.78, 5) is 0. The van der Waals surface area contributed by atoms with E-state index in [1.807, 2.05) is 0 Å². The van der Waals surface area contributed by atoms with E-state index in [0.29, 0.717) is 11.6 Å². The Morgan fingerprint density at radius 1 is 1.00 bits per heavy atom. The molecule has 4 nitrogen and oxygen atoms in total. The molecular weight excluding hydrogens is 214 g/mol. The third kappa shape index (κ3) is 1.21. The van der Waals surface area contributed by atoms with Crippen molar-refractivity contribution in [2.24, 2.45) is 17.8 Å². The van der Waals surface area contributed by atoms with Crippen molar-refractivity contribution >= 4 is 11.6 Å². The van der Waals surface area contributed by atoms with Crippen LogP contribution in [0.2, 0.25) is 0 Å². The van der Waals surface area contributed by atoms with E-state index in [-0.39, 0.29) is 5.41 Å². The second-order valence-corrected chi connectivity index (χ2v) is 6.51. The van der Waals surface area contributed by atoms with E-state index in [2.05, 4.69) is 5.16 Å². The first-order valence-electron chi connectivity index (χ1n) is 6.67. The molecular formula is C13H19N3O. The maximum Gasteiger partial charge on any atom is 0.245 e. The molecule has 1 aromatic heterocycles. The lowest BCUT2D eigenvalue weighted by Gasteiger charge is -2.56. The van der Waals surface area contributed by atoms with E-state index < -0.39 is 0 Å². The van der Waals surface area contributed by atoms with Crippen molar-refractivity contribution in [2.75, 3.05) is 11.5 Å². The summed E-state index contributed by atoms with van der Waals surface area (Å²) in [5.74, 6) is 2.96. The Labute approximate surface area is 101 Å². The predicted octanol–water partition coefficient (Wildman–Crippen LogP) is 2.31. The third-order valence-electron chi connectivity index (χ3n) is 5.30. The highest BCUT2D eigenvalue weighted by Gasteiger charge is 2.53. The average Bonchev–Trinajstić information content (AvgIpc) is 2.58. The molecule has 1 aromatic rings. The van der Waals surface area contributed by atoms with Gasteiger partial charge in [-0.25, -0.2) is 0 Å². The van der Waals surface area contributed by atoms with Gasteiger partial charge in [-0.1, -0.05) is 5.16 Å². The van der Waals surface area contributed by atoms with E-state index in [4.69, 9.17) is 16.0 Å². The van der Waals surface area contributed by atoms with Crippen LogP contribution >= 0.6 is 0 Å². The van der Waals surface area contributed by atoms with Crippen molar-refractivity contribution in [3.63, 3.8) is 0 Å². The van der Waals surface area contributed by atoms with Crippen LogP contribution in [-0.4, -0.2) is 5.16 Å². The van der Waals surface area contributed by atoms with Crippen molar-refractivity contribution in [1.82, 2.24) is 5.16 Å². The first-order valence-corrected chi connectivity index (χ1v) is 6.67. The van der Waals surface area contributed by atoms with Crippen LogP contribution in [0.3, 0.4) is 0 Å². The molecule has 4 bridgehead atoms. The quantitative estimate of drug-likeness (QED) is 0.780. The van der Waals surface area contributed by atoms with E-state index in [1.54, 1.807) is 0 Å². The second kappa shape index (κ2) is 2.98. The number of hydrogen-bond acceptors (Lipinski definition) is 4. The Morgan fingerprint density at radius 2 is 1.53 bits per heavy atom. The first-order chi connectivity index (χ1) is 8.16. The smallest absolute Gasteiger partial charge is 0.245 e. The predicted molar refractivity (Wildman–Crippen MR) is 65.2 cm³/mol. The van der Waals surface area contributed by atoms with Crippen molar-refractivity contribution in [1.29, 1.82) is 0 Å². The SMILES string of the molecule is Nc1onc(C23CC4CC(CC(C4)C2)C3)c1N. The van der Waals surface area contributed by atoms with Gasteiger partial charge in [-0.3, -0.25) is 0 Å². The zero-order valence-corrected chi connectivity index (χ0v) is 9.98. The molecule has 4 saturated carbocycles. The van der Waals surface area contributed by atoms with Gasteiger partial charge < -0.3 is 16.0 Å². The largest absolute Gasteiger partial charge is 0.393 e. The average molecular weight is 233 g/mol. The molecule has 0 amide bonds. The molecule has 0 aromatic carbocycles. The molecule has 4 aliphatic rings. The van der Waals surface area contributed by atoms with Crippen LogP contribution in [0.5, 0.6) is 0 Å². The number of nitrogens with zero attached hydrogens (tertiary/aromatic N) is 1. The summed E-state index contributed by atoms with van der Waals surface area (Å²) < 4.78 is 5.09. The molecule has 0 saturated heterocycles. The van der Waals surface area contributed by atoms with Gasteiger partial charge in [0.25, 0.3) is 0 Å². The third-order valence-corrected chi connectivity index (χ3v) is 5.30. The summed E-state index contributed by atoms with van der Waals surface area (Å²) in [5, 5.41) is 4.18. The summed E-state index contributed by atoms with van der Waals surface area (Å²) in [6.07, 6.45) is 8.00. The molecule has 0 aliphatic heterocycles. The maximum absolute atomic E-state index is 6.04. The van der Waals surface area contributed by atoms with Crippen LogP contribution in [-0.2, 0) is 5.41 Å². The van der Waals surface area contributed by atoms with Crippen LogP contribution in [0, 0.1) is 17.8 Å². The summed E-state index contributed by atoms with van der Waals surface area (Å²) in [7, 11) is 0. The lowest BCUT2D eigenvalue weighted by Crippen LogP contribution is -2.49. The molecule has 4 fully saturated rings. The van der Waals surface area contributed by atoms with Crippen molar-refractivity contribution in [2.45, 2.75) is 43.9 Å². The Kier molecular flexibility index (Phi) is 1.72. The van der Waals surface area contributed by atoms with Crippen LogP contribution in [0.4, 0.5) is 11.6 Å². The molecule has 4 heteroatoms. The Bertz CT molecular complexity index is 430. The number of nitrogens with two attached hydrogens (primary N) is 2. The molecule has 0 atom stereocenters. The minimum Gasteiger partial charge on any atom is -0.393 e. The monoisotopic (exact) mass is 233 g/mol. The van der Waals surface area contributed by atoms with Gasteiger partial charge in [-0.05, 0) is 56.3 Å². The molecule has 1 heterocycles. The van der Waals surface area contributed by atoms with Gasteiger partial charge in [0, 0.05) is 5.41 Å². The van der Waals surface area contributed by atoms with Gasteiger partial charge in [0.1, 0.15) is 11.4 Å². The van der Waals surface area contributed by atoms with Gasteiger partial charge in [0.2, 0.25) is 5.88 Å². The lowest BCUT2D eigenvalue weighted by molar-refractivity contribution is -0.00812. The molecule has 17 heavy (non-hydrogen) atoms. The summed E-state index contributed by atoms with van der Waals surface area (Å²) in [5.41, 5.74) is 13.5.